The van der Waals surface area contributed by atoms with Crippen molar-refractivity contribution in [3.05, 3.63) is 47.5 Å². The van der Waals surface area contributed by atoms with Gasteiger partial charge < -0.3 is 9.47 Å². The fourth-order valence-electron chi connectivity index (χ4n) is 4.87. The Bertz CT molecular complexity index is 650. The fraction of sp³-hybridized carbons (Fsp3) is 0.571. The Kier molecular flexibility index (Phi) is 4.00. The zero-order valence-electron chi connectivity index (χ0n) is 14.5. The Hall–Kier alpha value is -1.61. The van der Waals surface area contributed by atoms with Crippen LogP contribution in [0.3, 0.4) is 0 Å². The van der Waals surface area contributed by atoms with Crippen LogP contribution in [-0.4, -0.2) is 18.7 Å². The number of esters is 1. The third kappa shape index (κ3) is 2.59. The predicted molar refractivity (Wildman–Crippen MR) is 92.2 cm³/mol. The standard InChI is InChI=1S/C21H26O3/c1-14-8-9-16-19-17(24-20(22)18(14)19)10-11-21(16,2)13-23-12-15-6-4-3-5-7-15/h3-7,9,14,17-19H,8,10-13H2,1-2H3/t14-,17-,18+,19+,21+/m1/s1. The lowest BCUT2D eigenvalue weighted by Gasteiger charge is -2.45. The molecular formula is C21H26O3. The average Bonchev–Trinajstić information content (AvgIpc) is 2.92. The summed E-state index contributed by atoms with van der Waals surface area (Å²) in [4.78, 5) is 12.3. The van der Waals surface area contributed by atoms with Gasteiger partial charge in [0.05, 0.1) is 19.1 Å². The SMILES string of the molecule is C[C@@H]1CC=C2[C@@H]3[C@H]1C(=O)O[C@@H]3CC[C@@]2(C)COCc1ccccc1. The molecule has 1 saturated heterocycles. The van der Waals surface area contributed by atoms with Crippen LogP contribution in [0.2, 0.25) is 0 Å². The minimum Gasteiger partial charge on any atom is -0.461 e. The number of hydrogen-bond acceptors (Lipinski definition) is 3. The Morgan fingerprint density at radius 2 is 2.04 bits per heavy atom. The second-order valence-corrected chi connectivity index (χ2v) is 7.98. The van der Waals surface area contributed by atoms with E-state index >= 15 is 0 Å². The van der Waals surface area contributed by atoms with Crippen LogP contribution >= 0.6 is 0 Å². The number of carbonyl (C=O) groups is 1. The van der Waals surface area contributed by atoms with E-state index in [-0.39, 0.29) is 29.3 Å². The minimum atomic E-state index is 0.0255. The van der Waals surface area contributed by atoms with Gasteiger partial charge in [0.15, 0.2) is 0 Å². The first kappa shape index (κ1) is 15.9. The summed E-state index contributed by atoms with van der Waals surface area (Å²) in [5.41, 5.74) is 2.65. The monoisotopic (exact) mass is 326 g/mol. The molecule has 0 spiro atoms. The van der Waals surface area contributed by atoms with Gasteiger partial charge in [-0.15, -0.1) is 0 Å². The molecule has 3 aliphatic rings. The molecular weight excluding hydrogens is 300 g/mol. The van der Waals surface area contributed by atoms with Crippen LogP contribution < -0.4 is 0 Å². The summed E-state index contributed by atoms with van der Waals surface area (Å²) >= 11 is 0. The van der Waals surface area contributed by atoms with Crippen molar-refractivity contribution >= 4 is 5.97 Å². The molecule has 4 rings (SSSR count). The first-order chi connectivity index (χ1) is 11.6. The molecule has 0 bridgehead atoms. The van der Waals surface area contributed by atoms with Gasteiger partial charge in [-0.25, -0.2) is 0 Å². The normalized spacial score (nSPS) is 37.6. The van der Waals surface area contributed by atoms with Crippen molar-refractivity contribution in [1.82, 2.24) is 0 Å². The Balaban J connectivity index is 1.50. The van der Waals surface area contributed by atoms with Crippen molar-refractivity contribution in [3.8, 4) is 0 Å². The molecule has 24 heavy (non-hydrogen) atoms. The predicted octanol–water partition coefficient (Wildman–Crippen LogP) is 4.13. The maximum Gasteiger partial charge on any atom is 0.310 e. The summed E-state index contributed by atoms with van der Waals surface area (Å²) in [6.07, 6.45) is 5.45. The highest BCUT2D eigenvalue weighted by Crippen LogP contribution is 2.55. The molecule has 1 aromatic carbocycles. The van der Waals surface area contributed by atoms with Gasteiger partial charge >= 0.3 is 5.97 Å². The quantitative estimate of drug-likeness (QED) is 0.616. The van der Waals surface area contributed by atoms with E-state index in [9.17, 15) is 4.79 Å². The summed E-state index contributed by atoms with van der Waals surface area (Å²) in [6.45, 7) is 5.84. The third-order valence-electron chi connectivity index (χ3n) is 6.22. The molecule has 2 fully saturated rings. The number of ether oxygens (including phenoxy) is 2. The molecule has 5 atom stereocenters. The first-order valence-corrected chi connectivity index (χ1v) is 9.11. The summed E-state index contributed by atoms with van der Waals surface area (Å²) < 4.78 is 11.8. The largest absolute Gasteiger partial charge is 0.461 e. The van der Waals surface area contributed by atoms with Gasteiger partial charge in [0.2, 0.25) is 0 Å². The minimum absolute atomic E-state index is 0.0255. The Morgan fingerprint density at radius 3 is 2.83 bits per heavy atom. The van der Waals surface area contributed by atoms with Crippen LogP contribution in [0.15, 0.2) is 42.0 Å². The summed E-state index contributed by atoms with van der Waals surface area (Å²) in [5, 5.41) is 0. The van der Waals surface area contributed by atoms with E-state index in [1.807, 2.05) is 18.2 Å². The van der Waals surface area contributed by atoms with Crippen LogP contribution in [0, 0.1) is 23.2 Å². The van der Waals surface area contributed by atoms with E-state index in [2.05, 4.69) is 32.1 Å². The summed E-state index contributed by atoms with van der Waals surface area (Å²) in [5.74, 6) is 0.755. The highest BCUT2D eigenvalue weighted by Gasteiger charge is 2.56. The number of allylic oxidation sites excluding steroid dienone is 1. The first-order valence-electron chi connectivity index (χ1n) is 9.11. The van der Waals surface area contributed by atoms with Crippen LogP contribution in [0.4, 0.5) is 0 Å². The smallest absolute Gasteiger partial charge is 0.310 e. The maximum absolute atomic E-state index is 12.3. The van der Waals surface area contributed by atoms with Gasteiger partial charge in [0, 0.05) is 11.3 Å². The van der Waals surface area contributed by atoms with Crippen LogP contribution in [0.5, 0.6) is 0 Å². The Labute approximate surface area is 144 Å². The zero-order chi connectivity index (χ0) is 16.7. The molecule has 0 N–H and O–H groups in total. The molecule has 0 amide bonds. The molecule has 0 radical (unpaired) electrons. The number of hydrogen-bond donors (Lipinski definition) is 0. The van der Waals surface area contributed by atoms with Crippen molar-refractivity contribution in [2.24, 2.45) is 23.2 Å². The number of carbonyl (C=O) groups excluding carboxylic acids is 1. The topological polar surface area (TPSA) is 35.5 Å². The van der Waals surface area contributed by atoms with Gasteiger partial charge in [-0.05, 0) is 30.7 Å². The van der Waals surface area contributed by atoms with Gasteiger partial charge in [0.1, 0.15) is 6.10 Å². The molecule has 3 nitrogen and oxygen atoms in total. The molecule has 0 aromatic heterocycles. The van der Waals surface area contributed by atoms with Crippen molar-refractivity contribution in [2.75, 3.05) is 6.61 Å². The second kappa shape index (κ2) is 6.03. The van der Waals surface area contributed by atoms with Crippen molar-refractivity contribution in [3.63, 3.8) is 0 Å². The number of rotatable bonds is 4. The average molecular weight is 326 g/mol. The lowest BCUT2D eigenvalue weighted by Crippen LogP contribution is -2.43. The van der Waals surface area contributed by atoms with Crippen molar-refractivity contribution in [1.29, 1.82) is 0 Å². The van der Waals surface area contributed by atoms with Gasteiger partial charge in [0.25, 0.3) is 0 Å². The van der Waals surface area contributed by atoms with Crippen LogP contribution in [-0.2, 0) is 20.9 Å². The second-order valence-electron chi connectivity index (χ2n) is 7.98. The molecule has 1 aliphatic heterocycles. The summed E-state index contributed by atoms with van der Waals surface area (Å²) in [6, 6.07) is 10.3. The molecule has 2 aliphatic carbocycles. The van der Waals surface area contributed by atoms with Gasteiger partial charge in [-0.2, -0.15) is 0 Å². The van der Waals surface area contributed by atoms with E-state index in [4.69, 9.17) is 9.47 Å². The molecule has 3 heteroatoms. The molecule has 1 heterocycles. The fourth-order valence-corrected chi connectivity index (χ4v) is 4.87. The zero-order valence-corrected chi connectivity index (χ0v) is 14.5. The Morgan fingerprint density at radius 1 is 1.25 bits per heavy atom. The molecule has 1 aromatic rings. The van der Waals surface area contributed by atoms with Gasteiger partial charge in [-0.3, -0.25) is 4.79 Å². The number of benzene rings is 1. The molecule has 128 valence electrons. The molecule has 0 unspecified atom stereocenters. The van der Waals surface area contributed by atoms with E-state index in [1.165, 1.54) is 11.1 Å². The van der Waals surface area contributed by atoms with Crippen LogP contribution in [0.1, 0.15) is 38.7 Å². The maximum atomic E-state index is 12.3. The van der Waals surface area contributed by atoms with E-state index in [0.29, 0.717) is 19.1 Å². The van der Waals surface area contributed by atoms with Gasteiger partial charge in [-0.1, -0.05) is 55.8 Å². The van der Waals surface area contributed by atoms with E-state index < -0.39 is 0 Å². The molecule has 1 saturated carbocycles. The summed E-state index contributed by atoms with van der Waals surface area (Å²) in [7, 11) is 0. The third-order valence-corrected chi connectivity index (χ3v) is 6.22. The van der Waals surface area contributed by atoms with Crippen molar-refractivity contribution < 1.29 is 14.3 Å². The van der Waals surface area contributed by atoms with Crippen molar-refractivity contribution in [2.45, 2.75) is 45.8 Å². The van der Waals surface area contributed by atoms with Crippen LogP contribution in [0.25, 0.3) is 0 Å². The lowest BCUT2D eigenvalue weighted by atomic mass is 9.59. The van der Waals surface area contributed by atoms with E-state index in [0.717, 1.165) is 19.3 Å². The lowest BCUT2D eigenvalue weighted by molar-refractivity contribution is -0.145. The highest BCUT2D eigenvalue weighted by atomic mass is 16.6. The van der Waals surface area contributed by atoms with E-state index in [1.54, 1.807) is 0 Å². The highest BCUT2D eigenvalue weighted by molar-refractivity contribution is 5.77.